The second-order valence-corrected chi connectivity index (χ2v) is 3.71. The van der Waals surface area contributed by atoms with Crippen molar-refractivity contribution in [1.82, 2.24) is 10.3 Å². The SMILES string of the molecule is c1csc(C2CCCC[N]2)n1. The highest BCUT2D eigenvalue weighted by Gasteiger charge is 2.17. The van der Waals surface area contributed by atoms with Gasteiger partial charge in [-0.15, -0.1) is 11.3 Å². The van der Waals surface area contributed by atoms with Crippen LogP contribution in [0.3, 0.4) is 0 Å². The van der Waals surface area contributed by atoms with Crippen molar-refractivity contribution in [3.05, 3.63) is 16.6 Å². The molecule has 1 radical (unpaired) electrons. The van der Waals surface area contributed by atoms with Crippen molar-refractivity contribution >= 4 is 11.3 Å². The maximum atomic E-state index is 4.52. The zero-order valence-electron chi connectivity index (χ0n) is 6.36. The van der Waals surface area contributed by atoms with Crippen LogP contribution in [-0.2, 0) is 0 Å². The summed E-state index contributed by atoms with van der Waals surface area (Å²) in [6.07, 6.45) is 5.65. The predicted octanol–water partition coefficient (Wildman–Crippen LogP) is 1.97. The third-order valence-electron chi connectivity index (χ3n) is 1.97. The predicted molar refractivity (Wildman–Crippen MR) is 45.7 cm³/mol. The van der Waals surface area contributed by atoms with Gasteiger partial charge in [-0.2, -0.15) is 0 Å². The lowest BCUT2D eigenvalue weighted by Crippen LogP contribution is -2.19. The molecule has 1 saturated heterocycles. The number of piperidine rings is 1. The molecule has 1 aliphatic rings. The van der Waals surface area contributed by atoms with Gasteiger partial charge < -0.3 is 0 Å². The van der Waals surface area contributed by atoms with Crippen LogP contribution in [0.4, 0.5) is 0 Å². The van der Waals surface area contributed by atoms with Crippen molar-refractivity contribution in [2.24, 2.45) is 0 Å². The normalized spacial score (nSPS) is 25.3. The van der Waals surface area contributed by atoms with E-state index in [0.717, 1.165) is 6.54 Å². The van der Waals surface area contributed by atoms with E-state index in [4.69, 9.17) is 0 Å². The van der Waals surface area contributed by atoms with Crippen LogP contribution in [0, 0.1) is 0 Å². The number of rotatable bonds is 1. The van der Waals surface area contributed by atoms with Crippen molar-refractivity contribution in [3.8, 4) is 0 Å². The Hall–Kier alpha value is -0.410. The van der Waals surface area contributed by atoms with Crippen molar-refractivity contribution in [3.63, 3.8) is 0 Å². The van der Waals surface area contributed by atoms with Crippen molar-refractivity contribution < 1.29 is 0 Å². The first-order chi connectivity index (χ1) is 5.47. The highest BCUT2D eigenvalue weighted by Crippen LogP contribution is 2.25. The molecule has 1 fully saturated rings. The molecule has 0 bridgehead atoms. The molecule has 1 aromatic rings. The average Bonchev–Trinajstić information content (AvgIpc) is 2.58. The molecule has 0 aliphatic carbocycles. The van der Waals surface area contributed by atoms with Gasteiger partial charge in [-0.3, -0.25) is 0 Å². The Balaban J connectivity index is 2.04. The van der Waals surface area contributed by atoms with Crippen LogP contribution in [0.2, 0.25) is 0 Å². The molecule has 59 valence electrons. The Labute approximate surface area is 70.7 Å². The maximum absolute atomic E-state index is 4.52. The minimum atomic E-state index is 0.420. The Morgan fingerprint density at radius 2 is 2.45 bits per heavy atom. The molecule has 2 nitrogen and oxygen atoms in total. The Kier molecular flexibility index (Phi) is 2.19. The fourth-order valence-electron chi connectivity index (χ4n) is 1.39. The van der Waals surface area contributed by atoms with Gasteiger partial charge in [0, 0.05) is 18.1 Å². The monoisotopic (exact) mass is 167 g/mol. The molecule has 1 atom stereocenters. The fraction of sp³-hybridized carbons (Fsp3) is 0.625. The quantitative estimate of drug-likeness (QED) is 0.628. The van der Waals surface area contributed by atoms with E-state index in [1.54, 1.807) is 11.3 Å². The van der Waals surface area contributed by atoms with Crippen LogP contribution in [0.25, 0.3) is 0 Å². The lowest BCUT2D eigenvalue weighted by atomic mass is 10.1. The van der Waals surface area contributed by atoms with E-state index in [2.05, 4.69) is 10.3 Å². The Morgan fingerprint density at radius 1 is 1.45 bits per heavy atom. The molecular weight excluding hydrogens is 156 g/mol. The summed E-state index contributed by atoms with van der Waals surface area (Å²) < 4.78 is 0. The molecule has 0 N–H and O–H groups in total. The number of aromatic nitrogens is 1. The van der Waals surface area contributed by atoms with Gasteiger partial charge in [0.25, 0.3) is 0 Å². The van der Waals surface area contributed by atoms with Crippen LogP contribution in [-0.4, -0.2) is 11.5 Å². The van der Waals surface area contributed by atoms with E-state index in [0.29, 0.717) is 6.04 Å². The van der Waals surface area contributed by atoms with Crippen LogP contribution >= 0.6 is 11.3 Å². The summed E-state index contributed by atoms with van der Waals surface area (Å²) in [5.74, 6) is 0. The summed E-state index contributed by atoms with van der Waals surface area (Å²) >= 11 is 1.72. The summed E-state index contributed by atoms with van der Waals surface area (Å²) in [6.45, 7) is 1.03. The second-order valence-electron chi connectivity index (χ2n) is 2.79. The third kappa shape index (κ3) is 1.60. The first-order valence-corrected chi connectivity index (χ1v) is 4.91. The molecule has 1 unspecified atom stereocenters. The topological polar surface area (TPSA) is 27.0 Å². The van der Waals surface area contributed by atoms with Gasteiger partial charge in [0.15, 0.2) is 0 Å². The van der Waals surface area contributed by atoms with E-state index in [-0.39, 0.29) is 0 Å². The molecule has 0 spiro atoms. The first kappa shape index (κ1) is 7.25. The summed E-state index contributed by atoms with van der Waals surface area (Å²) in [7, 11) is 0. The van der Waals surface area contributed by atoms with Gasteiger partial charge in [-0.05, 0) is 12.8 Å². The van der Waals surface area contributed by atoms with E-state index in [9.17, 15) is 0 Å². The summed E-state index contributed by atoms with van der Waals surface area (Å²) in [5.41, 5.74) is 0. The average molecular weight is 167 g/mol. The summed E-state index contributed by atoms with van der Waals surface area (Å²) in [4.78, 5) is 4.26. The highest BCUT2D eigenvalue weighted by atomic mass is 32.1. The number of hydrogen-bond donors (Lipinski definition) is 0. The molecule has 3 heteroatoms. The molecule has 2 heterocycles. The lowest BCUT2D eigenvalue weighted by molar-refractivity contribution is 0.402. The van der Waals surface area contributed by atoms with Gasteiger partial charge in [0.2, 0.25) is 0 Å². The molecular formula is C8H11N2S. The van der Waals surface area contributed by atoms with Gasteiger partial charge in [-0.25, -0.2) is 10.3 Å². The maximum Gasteiger partial charge on any atom is 0.111 e. The van der Waals surface area contributed by atoms with Gasteiger partial charge >= 0.3 is 0 Å². The zero-order valence-corrected chi connectivity index (χ0v) is 7.18. The fourth-order valence-corrected chi connectivity index (χ4v) is 2.12. The van der Waals surface area contributed by atoms with Gasteiger partial charge in [0.1, 0.15) is 5.01 Å². The van der Waals surface area contributed by atoms with Crippen molar-refractivity contribution in [2.75, 3.05) is 6.54 Å². The number of nitrogens with zero attached hydrogens (tertiary/aromatic N) is 2. The number of hydrogen-bond acceptors (Lipinski definition) is 2. The first-order valence-electron chi connectivity index (χ1n) is 4.03. The molecule has 0 amide bonds. The third-order valence-corrected chi connectivity index (χ3v) is 2.85. The minimum Gasteiger partial charge on any atom is -0.248 e. The largest absolute Gasteiger partial charge is 0.248 e. The Bertz CT molecular complexity index is 202. The minimum absolute atomic E-state index is 0.420. The van der Waals surface area contributed by atoms with Gasteiger partial charge in [0.05, 0.1) is 6.04 Å². The molecule has 1 aliphatic heterocycles. The molecule has 0 saturated carbocycles. The highest BCUT2D eigenvalue weighted by molar-refractivity contribution is 7.09. The van der Waals surface area contributed by atoms with Crippen molar-refractivity contribution in [2.45, 2.75) is 25.3 Å². The molecule has 2 rings (SSSR count). The number of thiazole rings is 1. The Morgan fingerprint density at radius 3 is 3.09 bits per heavy atom. The summed E-state index contributed by atoms with van der Waals surface area (Å²) in [6, 6.07) is 0.420. The van der Waals surface area contributed by atoms with E-state index in [1.807, 2.05) is 11.6 Å². The van der Waals surface area contributed by atoms with Crippen molar-refractivity contribution in [1.29, 1.82) is 0 Å². The molecule has 11 heavy (non-hydrogen) atoms. The van der Waals surface area contributed by atoms with E-state index >= 15 is 0 Å². The summed E-state index contributed by atoms with van der Waals surface area (Å²) in [5, 5.41) is 7.75. The van der Waals surface area contributed by atoms with Gasteiger partial charge in [-0.1, -0.05) is 6.42 Å². The lowest BCUT2D eigenvalue weighted by Gasteiger charge is -2.18. The van der Waals surface area contributed by atoms with E-state index < -0.39 is 0 Å². The smallest absolute Gasteiger partial charge is 0.111 e. The van der Waals surface area contributed by atoms with E-state index in [1.165, 1.54) is 24.3 Å². The van der Waals surface area contributed by atoms with Crippen LogP contribution in [0.15, 0.2) is 11.6 Å². The molecule has 1 aromatic heterocycles. The van der Waals surface area contributed by atoms with Crippen LogP contribution in [0.1, 0.15) is 30.3 Å². The molecule has 0 aromatic carbocycles. The zero-order chi connectivity index (χ0) is 7.52. The van der Waals surface area contributed by atoms with Crippen LogP contribution in [0.5, 0.6) is 0 Å². The van der Waals surface area contributed by atoms with Crippen LogP contribution < -0.4 is 5.32 Å². The second kappa shape index (κ2) is 3.32. The standard InChI is InChI=1S/C8H11N2S/c1-2-4-9-7(3-1)8-10-5-6-11-8/h5-7H,1-4H2.